The van der Waals surface area contributed by atoms with Gasteiger partial charge in [-0.1, -0.05) is 52.4 Å². The third-order valence-corrected chi connectivity index (χ3v) is 3.23. The molecule has 4 nitrogen and oxygen atoms in total. The normalized spacial score (nSPS) is 10.4. The number of nitrogens with two attached hydrogens (primary N) is 1. The smallest absolute Gasteiger partial charge is 0.237 e. The van der Waals surface area contributed by atoms with Crippen molar-refractivity contribution in [3.63, 3.8) is 0 Å². The molecule has 0 saturated carbocycles. The van der Waals surface area contributed by atoms with Crippen molar-refractivity contribution >= 4 is 11.8 Å². The minimum absolute atomic E-state index is 0.0670. The second kappa shape index (κ2) is 12.0. The SMILES string of the molecule is CCCCCCCC(=O)N(CCCCC)CC(N)=O. The van der Waals surface area contributed by atoms with Gasteiger partial charge in [0.05, 0.1) is 6.54 Å². The van der Waals surface area contributed by atoms with Crippen LogP contribution in [0.4, 0.5) is 0 Å². The molecule has 19 heavy (non-hydrogen) atoms. The van der Waals surface area contributed by atoms with Gasteiger partial charge in [-0.3, -0.25) is 9.59 Å². The minimum atomic E-state index is -0.421. The Morgan fingerprint density at radius 1 is 0.895 bits per heavy atom. The number of primary amides is 1. The molecule has 0 aliphatic heterocycles. The van der Waals surface area contributed by atoms with E-state index in [-0.39, 0.29) is 12.5 Å². The van der Waals surface area contributed by atoms with Crippen LogP contribution in [0.25, 0.3) is 0 Å². The number of carbonyl (C=O) groups is 2. The lowest BCUT2D eigenvalue weighted by molar-refractivity contribution is -0.135. The van der Waals surface area contributed by atoms with Crippen LogP contribution in [0.2, 0.25) is 0 Å². The number of rotatable bonds is 12. The summed E-state index contributed by atoms with van der Waals surface area (Å²) in [5.74, 6) is -0.345. The van der Waals surface area contributed by atoms with Crippen LogP contribution in [-0.4, -0.2) is 29.8 Å². The second-order valence-corrected chi connectivity index (χ2v) is 5.15. The van der Waals surface area contributed by atoms with Gasteiger partial charge in [-0.2, -0.15) is 0 Å². The fraction of sp³-hybridized carbons (Fsp3) is 0.867. The average Bonchev–Trinajstić information content (AvgIpc) is 2.37. The van der Waals surface area contributed by atoms with E-state index in [1.807, 2.05) is 0 Å². The second-order valence-electron chi connectivity index (χ2n) is 5.15. The Morgan fingerprint density at radius 3 is 2.05 bits per heavy atom. The number of hydrogen-bond acceptors (Lipinski definition) is 2. The van der Waals surface area contributed by atoms with Crippen molar-refractivity contribution in [3.8, 4) is 0 Å². The summed E-state index contributed by atoms with van der Waals surface area (Å²) in [4.78, 5) is 24.6. The Kier molecular flexibility index (Phi) is 11.3. The Bertz CT molecular complexity index is 255. The highest BCUT2D eigenvalue weighted by Crippen LogP contribution is 2.08. The van der Waals surface area contributed by atoms with Crippen molar-refractivity contribution in [3.05, 3.63) is 0 Å². The molecule has 0 radical (unpaired) electrons. The van der Waals surface area contributed by atoms with Crippen molar-refractivity contribution in [2.75, 3.05) is 13.1 Å². The van der Waals surface area contributed by atoms with Crippen LogP contribution in [0, 0.1) is 0 Å². The maximum atomic E-state index is 12.0. The van der Waals surface area contributed by atoms with Crippen LogP contribution in [0.3, 0.4) is 0 Å². The number of unbranched alkanes of at least 4 members (excludes halogenated alkanes) is 6. The first-order chi connectivity index (χ1) is 9.11. The first kappa shape index (κ1) is 17.9. The highest BCUT2D eigenvalue weighted by atomic mass is 16.2. The van der Waals surface area contributed by atoms with E-state index in [4.69, 9.17) is 5.73 Å². The van der Waals surface area contributed by atoms with Crippen LogP contribution in [0.1, 0.15) is 71.6 Å². The number of hydrogen-bond donors (Lipinski definition) is 1. The lowest BCUT2D eigenvalue weighted by Crippen LogP contribution is -2.39. The van der Waals surface area contributed by atoms with Crippen molar-refractivity contribution in [2.24, 2.45) is 5.73 Å². The van der Waals surface area contributed by atoms with Crippen LogP contribution >= 0.6 is 0 Å². The molecule has 2 amide bonds. The summed E-state index contributed by atoms with van der Waals surface area (Å²) in [6.07, 6.45) is 9.33. The quantitative estimate of drug-likeness (QED) is 0.554. The molecule has 0 atom stereocenters. The first-order valence-electron chi connectivity index (χ1n) is 7.67. The van der Waals surface area contributed by atoms with E-state index in [1.165, 1.54) is 19.3 Å². The molecular formula is C15H30N2O2. The lowest BCUT2D eigenvalue weighted by atomic mass is 10.1. The van der Waals surface area contributed by atoms with Gasteiger partial charge in [0.1, 0.15) is 0 Å². The Labute approximate surface area is 117 Å². The molecule has 0 aliphatic rings. The number of amides is 2. The average molecular weight is 270 g/mol. The summed E-state index contributed by atoms with van der Waals surface area (Å²) >= 11 is 0. The standard InChI is InChI=1S/C15H30N2O2/c1-3-5-7-8-9-11-15(19)17(13-14(16)18)12-10-6-4-2/h3-13H2,1-2H3,(H2,16,18). The van der Waals surface area contributed by atoms with Crippen molar-refractivity contribution in [1.82, 2.24) is 4.90 Å². The zero-order valence-corrected chi connectivity index (χ0v) is 12.6. The van der Waals surface area contributed by atoms with Gasteiger partial charge in [-0.15, -0.1) is 0 Å². The van der Waals surface area contributed by atoms with Crippen LogP contribution < -0.4 is 5.73 Å². The molecule has 0 aliphatic carbocycles. The summed E-state index contributed by atoms with van der Waals surface area (Å²) in [6.45, 7) is 5.02. The predicted molar refractivity (Wildman–Crippen MR) is 78.7 cm³/mol. The fourth-order valence-corrected chi connectivity index (χ4v) is 2.07. The van der Waals surface area contributed by atoms with E-state index in [0.717, 1.165) is 32.1 Å². The first-order valence-corrected chi connectivity index (χ1v) is 7.67. The molecule has 0 aromatic heterocycles. The van der Waals surface area contributed by atoms with Gasteiger partial charge < -0.3 is 10.6 Å². The van der Waals surface area contributed by atoms with Crippen molar-refractivity contribution in [1.29, 1.82) is 0 Å². The summed E-state index contributed by atoms with van der Waals surface area (Å²) in [5.41, 5.74) is 5.20. The number of nitrogens with zero attached hydrogens (tertiary/aromatic N) is 1. The molecular weight excluding hydrogens is 240 g/mol. The van der Waals surface area contributed by atoms with Gasteiger partial charge in [0.15, 0.2) is 0 Å². The highest BCUT2D eigenvalue weighted by molar-refractivity contribution is 5.83. The van der Waals surface area contributed by atoms with E-state index in [9.17, 15) is 9.59 Å². The molecule has 0 fully saturated rings. The molecule has 112 valence electrons. The maximum absolute atomic E-state index is 12.0. The summed E-state index contributed by atoms with van der Waals surface area (Å²) in [5, 5.41) is 0. The van der Waals surface area contributed by atoms with E-state index in [1.54, 1.807) is 4.90 Å². The maximum Gasteiger partial charge on any atom is 0.237 e. The molecule has 0 spiro atoms. The molecule has 0 aromatic carbocycles. The van der Waals surface area contributed by atoms with Gasteiger partial charge in [-0.05, 0) is 12.8 Å². The topological polar surface area (TPSA) is 63.4 Å². The van der Waals surface area contributed by atoms with Crippen LogP contribution in [-0.2, 0) is 9.59 Å². The molecule has 2 N–H and O–H groups in total. The zero-order chi connectivity index (χ0) is 14.5. The van der Waals surface area contributed by atoms with E-state index >= 15 is 0 Å². The third-order valence-electron chi connectivity index (χ3n) is 3.23. The summed E-state index contributed by atoms with van der Waals surface area (Å²) in [7, 11) is 0. The highest BCUT2D eigenvalue weighted by Gasteiger charge is 2.14. The Balaban J connectivity index is 3.96. The Morgan fingerprint density at radius 2 is 1.47 bits per heavy atom. The van der Waals surface area contributed by atoms with Crippen molar-refractivity contribution in [2.45, 2.75) is 71.6 Å². The van der Waals surface area contributed by atoms with Gasteiger partial charge in [-0.25, -0.2) is 0 Å². The van der Waals surface area contributed by atoms with Gasteiger partial charge >= 0.3 is 0 Å². The van der Waals surface area contributed by atoms with Gasteiger partial charge in [0, 0.05) is 13.0 Å². The Hall–Kier alpha value is -1.06. The van der Waals surface area contributed by atoms with E-state index in [2.05, 4.69) is 13.8 Å². The van der Waals surface area contributed by atoms with Gasteiger partial charge in [0.25, 0.3) is 0 Å². The fourth-order valence-electron chi connectivity index (χ4n) is 2.07. The van der Waals surface area contributed by atoms with Crippen LogP contribution in [0.5, 0.6) is 0 Å². The molecule has 0 unspecified atom stereocenters. The van der Waals surface area contributed by atoms with Gasteiger partial charge in [0.2, 0.25) is 11.8 Å². The largest absolute Gasteiger partial charge is 0.368 e. The molecule has 0 saturated heterocycles. The molecule has 0 bridgehead atoms. The predicted octanol–water partition coefficient (Wildman–Crippen LogP) is 2.85. The molecule has 4 heteroatoms. The molecule has 0 aromatic rings. The lowest BCUT2D eigenvalue weighted by Gasteiger charge is -2.21. The number of carbonyl (C=O) groups excluding carboxylic acids is 2. The van der Waals surface area contributed by atoms with Crippen molar-refractivity contribution < 1.29 is 9.59 Å². The third kappa shape index (κ3) is 10.5. The zero-order valence-electron chi connectivity index (χ0n) is 12.6. The van der Waals surface area contributed by atoms with E-state index in [0.29, 0.717) is 13.0 Å². The summed E-state index contributed by atoms with van der Waals surface area (Å²) in [6, 6.07) is 0. The van der Waals surface area contributed by atoms with Crippen LogP contribution in [0.15, 0.2) is 0 Å². The summed E-state index contributed by atoms with van der Waals surface area (Å²) < 4.78 is 0. The monoisotopic (exact) mass is 270 g/mol. The minimum Gasteiger partial charge on any atom is -0.368 e. The molecule has 0 rings (SSSR count). The molecule has 0 heterocycles. The van der Waals surface area contributed by atoms with E-state index < -0.39 is 5.91 Å².